The van der Waals surface area contributed by atoms with Gasteiger partial charge in [0.05, 0.1) is 11.5 Å². The van der Waals surface area contributed by atoms with E-state index < -0.39 is 9.84 Å². The maximum Gasteiger partial charge on any atom is 0.223 e. The molecule has 1 atom stereocenters. The van der Waals surface area contributed by atoms with E-state index >= 15 is 0 Å². The second-order valence-corrected chi connectivity index (χ2v) is 9.34. The quantitative estimate of drug-likeness (QED) is 0.748. The van der Waals surface area contributed by atoms with Crippen molar-refractivity contribution in [3.05, 3.63) is 11.7 Å². The Morgan fingerprint density at radius 1 is 1.32 bits per heavy atom. The fraction of sp³-hybridized carbons (Fsp3) is 0.812. The van der Waals surface area contributed by atoms with Gasteiger partial charge in [0.1, 0.15) is 0 Å². The molecule has 25 heavy (non-hydrogen) atoms. The molecule has 140 valence electrons. The van der Waals surface area contributed by atoms with Crippen LogP contribution in [0.25, 0.3) is 0 Å². The topological polar surface area (TPSA) is 96.6 Å². The highest BCUT2D eigenvalue weighted by molar-refractivity contribution is 7.91. The molecular weight excluding hydrogens is 344 g/mol. The van der Waals surface area contributed by atoms with Crippen LogP contribution in [-0.2, 0) is 14.6 Å². The number of sulfone groups is 1. The molecule has 0 aromatic carbocycles. The molecule has 0 aliphatic carbocycles. The van der Waals surface area contributed by atoms with Crippen LogP contribution in [0.1, 0.15) is 43.3 Å². The van der Waals surface area contributed by atoms with Gasteiger partial charge in [-0.15, -0.1) is 0 Å². The molecular formula is C16H26N4O4S. The van der Waals surface area contributed by atoms with Gasteiger partial charge < -0.3 is 14.3 Å². The van der Waals surface area contributed by atoms with E-state index in [-0.39, 0.29) is 29.4 Å². The number of carbonyl (C=O) groups is 1. The maximum atomic E-state index is 12.4. The zero-order valence-electron chi connectivity index (χ0n) is 14.8. The molecule has 2 aliphatic rings. The Balaban J connectivity index is 1.42. The summed E-state index contributed by atoms with van der Waals surface area (Å²) < 4.78 is 28.2. The number of nitrogens with zero attached hydrogens (tertiary/aromatic N) is 4. The van der Waals surface area contributed by atoms with E-state index in [2.05, 4.69) is 10.1 Å². The lowest BCUT2D eigenvalue weighted by molar-refractivity contribution is -0.132. The van der Waals surface area contributed by atoms with E-state index in [9.17, 15) is 13.2 Å². The van der Waals surface area contributed by atoms with Crippen molar-refractivity contribution in [2.24, 2.45) is 0 Å². The number of aryl methyl sites for hydroxylation is 1. The second kappa shape index (κ2) is 7.41. The lowest BCUT2D eigenvalue weighted by Gasteiger charge is -2.31. The second-order valence-electron chi connectivity index (χ2n) is 7.11. The SMILES string of the molecule is Cc1nc(C2CCN(C(=O)CCN(C)[C@@H]3CCS(=O)(=O)C3)CC2)no1. The fourth-order valence-corrected chi connectivity index (χ4v) is 5.41. The maximum absolute atomic E-state index is 12.4. The van der Waals surface area contributed by atoms with Crippen molar-refractivity contribution in [1.29, 1.82) is 0 Å². The number of rotatable bonds is 5. The Morgan fingerprint density at radius 2 is 2.04 bits per heavy atom. The van der Waals surface area contributed by atoms with Crippen molar-refractivity contribution in [2.45, 2.75) is 44.6 Å². The van der Waals surface area contributed by atoms with E-state index in [0.717, 1.165) is 18.7 Å². The number of carbonyl (C=O) groups excluding carboxylic acids is 1. The van der Waals surface area contributed by atoms with Crippen LogP contribution in [-0.4, -0.2) is 78.5 Å². The first-order valence-electron chi connectivity index (χ1n) is 8.83. The van der Waals surface area contributed by atoms with Crippen LogP contribution in [0.3, 0.4) is 0 Å². The third-order valence-corrected chi connectivity index (χ3v) is 7.02. The molecule has 3 heterocycles. The first-order valence-corrected chi connectivity index (χ1v) is 10.6. The van der Waals surface area contributed by atoms with Crippen LogP contribution in [0.5, 0.6) is 0 Å². The monoisotopic (exact) mass is 370 g/mol. The summed E-state index contributed by atoms with van der Waals surface area (Å²) in [5.74, 6) is 2.19. The Morgan fingerprint density at radius 3 is 2.60 bits per heavy atom. The molecule has 0 unspecified atom stereocenters. The molecule has 1 aromatic rings. The number of hydrogen-bond donors (Lipinski definition) is 0. The van der Waals surface area contributed by atoms with Crippen molar-refractivity contribution in [1.82, 2.24) is 19.9 Å². The van der Waals surface area contributed by atoms with Crippen LogP contribution < -0.4 is 0 Å². The van der Waals surface area contributed by atoms with Crippen molar-refractivity contribution in [2.75, 3.05) is 38.2 Å². The molecule has 2 fully saturated rings. The lowest BCUT2D eigenvalue weighted by Crippen LogP contribution is -2.41. The van der Waals surface area contributed by atoms with Gasteiger partial charge in [0.2, 0.25) is 11.8 Å². The van der Waals surface area contributed by atoms with E-state index in [1.165, 1.54) is 0 Å². The Labute approximate surface area is 148 Å². The van der Waals surface area contributed by atoms with Gasteiger partial charge in [-0.05, 0) is 26.3 Å². The van der Waals surface area contributed by atoms with E-state index in [0.29, 0.717) is 38.4 Å². The van der Waals surface area contributed by atoms with Crippen molar-refractivity contribution in [3.8, 4) is 0 Å². The van der Waals surface area contributed by atoms with Gasteiger partial charge in [-0.1, -0.05) is 5.16 Å². The fourth-order valence-electron chi connectivity index (χ4n) is 3.60. The van der Waals surface area contributed by atoms with Gasteiger partial charge >= 0.3 is 0 Å². The first-order chi connectivity index (χ1) is 11.8. The van der Waals surface area contributed by atoms with Crippen molar-refractivity contribution < 1.29 is 17.7 Å². The lowest BCUT2D eigenvalue weighted by atomic mass is 9.96. The Bertz CT molecular complexity index is 709. The molecule has 0 bridgehead atoms. The number of aromatic nitrogens is 2. The summed E-state index contributed by atoms with van der Waals surface area (Å²) in [6, 6.07) is 0.0463. The van der Waals surface area contributed by atoms with Gasteiger partial charge in [-0.25, -0.2) is 8.42 Å². The van der Waals surface area contributed by atoms with Gasteiger partial charge in [-0.3, -0.25) is 4.79 Å². The summed E-state index contributed by atoms with van der Waals surface area (Å²) in [7, 11) is -0.980. The minimum atomic E-state index is -2.89. The summed E-state index contributed by atoms with van der Waals surface area (Å²) in [6.07, 6.45) is 2.80. The van der Waals surface area contributed by atoms with Gasteiger partial charge in [-0.2, -0.15) is 4.98 Å². The first kappa shape index (κ1) is 18.3. The third kappa shape index (κ3) is 4.58. The van der Waals surface area contributed by atoms with Crippen LogP contribution in [0.2, 0.25) is 0 Å². The standard InChI is InChI=1S/C16H26N4O4S/c1-12-17-16(18-24-12)13-3-8-20(9-4-13)15(21)5-7-19(2)14-6-10-25(22,23)11-14/h13-14H,3-11H2,1-2H3/t14-/m1/s1. The zero-order chi connectivity index (χ0) is 18.0. The summed E-state index contributed by atoms with van der Waals surface area (Å²) in [5.41, 5.74) is 0. The molecule has 0 saturated carbocycles. The van der Waals surface area contributed by atoms with Crippen LogP contribution in [0.4, 0.5) is 0 Å². The molecule has 9 heteroatoms. The van der Waals surface area contributed by atoms with Gasteiger partial charge in [0.25, 0.3) is 0 Å². The Hall–Kier alpha value is -1.48. The van der Waals surface area contributed by atoms with Crippen LogP contribution >= 0.6 is 0 Å². The molecule has 8 nitrogen and oxygen atoms in total. The number of piperidine rings is 1. The molecule has 1 amide bonds. The number of amides is 1. The number of likely N-dealkylation sites (tertiary alicyclic amines) is 1. The molecule has 1 aromatic heterocycles. The third-order valence-electron chi connectivity index (χ3n) is 5.27. The molecule has 0 N–H and O–H groups in total. The van der Waals surface area contributed by atoms with Crippen LogP contribution in [0, 0.1) is 6.92 Å². The van der Waals surface area contributed by atoms with E-state index in [1.54, 1.807) is 6.92 Å². The predicted molar refractivity (Wildman–Crippen MR) is 91.9 cm³/mol. The molecule has 3 rings (SSSR count). The minimum absolute atomic E-state index is 0.0463. The van der Waals surface area contributed by atoms with Crippen molar-refractivity contribution in [3.63, 3.8) is 0 Å². The largest absolute Gasteiger partial charge is 0.343 e. The molecule has 0 radical (unpaired) electrons. The van der Waals surface area contributed by atoms with Gasteiger partial charge in [0, 0.05) is 44.9 Å². The average Bonchev–Trinajstić information content (AvgIpc) is 3.18. The van der Waals surface area contributed by atoms with E-state index in [1.807, 2.05) is 16.8 Å². The summed E-state index contributed by atoms with van der Waals surface area (Å²) in [4.78, 5) is 20.6. The van der Waals surface area contributed by atoms with Crippen LogP contribution in [0.15, 0.2) is 4.52 Å². The van der Waals surface area contributed by atoms with Gasteiger partial charge in [0.15, 0.2) is 15.7 Å². The number of hydrogen-bond acceptors (Lipinski definition) is 7. The highest BCUT2D eigenvalue weighted by atomic mass is 32.2. The van der Waals surface area contributed by atoms with Crippen molar-refractivity contribution >= 4 is 15.7 Å². The zero-order valence-corrected chi connectivity index (χ0v) is 15.7. The summed E-state index contributed by atoms with van der Waals surface area (Å²) >= 11 is 0. The van der Waals surface area contributed by atoms with E-state index in [4.69, 9.17) is 4.52 Å². The summed E-state index contributed by atoms with van der Waals surface area (Å²) in [6.45, 7) is 3.79. The Kier molecular flexibility index (Phi) is 5.43. The highest BCUT2D eigenvalue weighted by Crippen LogP contribution is 2.26. The minimum Gasteiger partial charge on any atom is -0.343 e. The predicted octanol–water partition coefficient (Wildman–Crippen LogP) is 0.593. The summed E-state index contributed by atoms with van der Waals surface area (Å²) in [5, 5.41) is 3.98. The molecule has 2 aliphatic heterocycles. The molecule has 2 saturated heterocycles. The highest BCUT2D eigenvalue weighted by Gasteiger charge is 2.31. The smallest absolute Gasteiger partial charge is 0.223 e. The normalized spacial score (nSPS) is 24.1. The molecule has 0 spiro atoms. The average molecular weight is 370 g/mol.